The number of nitrogens with zero attached hydrogens (tertiary/aromatic N) is 2. The maximum atomic E-state index is 9.57. The Labute approximate surface area is 206 Å². The first-order chi connectivity index (χ1) is 16.7. The molecule has 1 N–H and O–H groups in total. The van der Waals surface area contributed by atoms with Gasteiger partial charge in [-0.05, 0) is 89.6 Å². The number of rotatable bonds is 7. The van der Waals surface area contributed by atoms with Gasteiger partial charge in [0.15, 0.2) is 0 Å². The summed E-state index contributed by atoms with van der Waals surface area (Å²) in [5, 5.41) is 16.1. The van der Waals surface area contributed by atoms with Crippen molar-refractivity contribution in [3.8, 4) is 6.07 Å². The fourth-order valence-corrected chi connectivity index (χ4v) is 5.22. The van der Waals surface area contributed by atoms with Gasteiger partial charge in [-0.2, -0.15) is 5.26 Å². The van der Waals surface area contributed by atoms with Crippen LogP contribution in [0, 0.1) is 23.2 Å². The first-order valence-electron chi connectivity index (χ1n) is 11.9. The third kappa shape index (κ3) is 5.09. The molecule has 1 aliphatic rings. The highest BCUT2D eigenvalue weighted by Crippen LogP contribution is 2.28. The van der Waals surface area contributed by atoms with Crippen LogP contribution in [0.2, 0.25) is 5.02 Å². The number of anilines is 1. The Balaban J connectivity index is 1.41. The van der Waals surface area contributed by atoms with Crippen molar-refractivity contribution in [3.63, 3.8) is 0 Å². The van der Waals surface area contributed by atoms with Gasteiger partial charge in [0, 0.05) is 23.8 Å². The monoisotopic (exact) mass is 465 g/mol. The predicted molar refractivity (Wildman–Crippen MR) is 141 cm³/mol. The van der Waals surface area contributed by atoms with E-state index in [-0.39, 0.29) is 0 Å². The average molecular weight is 466 g/mol. The molecule has 1 heterocycles. The van der Waals surface area contributed by atoms with Crippen LogP contribution in [0.25, 0.3) is 10.8 Å². The lowest BCUT2D eigenvalue weighted by Gasteiger charge is -2.30. The van der Waals surface area contributed by atoms with Crippen LogP contribution in [-0.2, 0) is 13.0 Å². The standard InChI is InChI=1S/C30H28ClN3/c31-28-11-13-29(14-12-28)34(20-23-9-10-24-7-4-8-25(17-32)30(24)16-23)21-27-19-33-18-26(27)15-22-5-2-1-3-6-22/h1-14,16,26-27,33H,15,18-21H2/t26-,27+/m0/s1. The number of halogens is 1. The molecule has 1 fully saturated rings. The molecule has 2 atom stereocenters. The SMILES string of the molecule is N#Cc1cccc2ccc(CN(C[C@H]3CNC[C@@H]3Cc3ccccc3)c3ccc(Cl)cc3)cc12. The van der Waals surface area contributed by atoms with Crippen LogP contribution in [0.5, 0.6) is 0 Å². The smallest absolute Gasteiger partial charge is 0.0998 e. The van der Waals surface area contributed by atoms with Crippen LogP contribution in [0.3, 0.4) is 0 Å². The van der Waals surface area contributed by atoms with Crippen molar-refractivity contribution in [1.82, 2.24) is 5.32 Å². The fraction of sp³-hybridized carbons (Fsp3) is 0.233. The van der Waals surface area contributed by atoms with Crippen LogP contribution >= 0.6 is 11.6 Å². The van der Waals surface area contributed by atoms with E-state index in [1.807, 2.05) is 24.3 Å². The summed E-state index contributed by atoms with van der Waals surface area (Å²) >= 11 is 6.20. The van der Waals surface area contributed by atoms with Gasteiger partial charge in [-0.25, -0.2) is 0 Å². The lowest BCUT2D eigenvalue weighted by molar-refractivity contribution is 0.413. The zero-order valence-corrected chi connectivity index (χ0v) is 19.9. The first-order valence-corrected chi connectivity index (χ1v) is 12.2. The van der Waals surface area contributed by atoms with Gasteiger partial charge < -0.3 is 10.2 Å². The van der Waals surface area contributed by atoms with Gasteiger partial charge in [0.05, 0.1) is 11.6 Å². The minimum Gasteiger partial charge on any atom is -0.367 e. The molecule has 0 saturated carbocycles. The molecule has 0 radical (unpaired) electrons. The van der Waals surface area contributed by atoms with Gasteiger partial charge in [-0.15, -0.1) is 0 Å². The molecule has 0 spiro atoms. The third-order valence-electron chi connectivity index (χ3n) is 6.91. The van der Waals surface area contributed by atoms with E-state index in [1.165, 1.54) is 16.8 Å². The molecule has 3 nitrogen and oxygen atoms in total. The van der Waals surface area contributed by atoms with Crippen molar-refractivity contribution in [3.05, 3.63) is 113 Å². The van der Waals surface area contributed by atoms with Crippen LogP contribution < -0.4 is 10.2 Å². The second-order valence-corrected chi connectivity index (χ2v) is 9.63. The predicted octanol–water partition coefficient (Wildman–Crippen LogP) is 6.45. The Hall–Kier alpha value is -3.32. The molecular formula is C30H28ClN3. The number of nitriles is 1. The van der Waals surface area contributed by atoms with Crippen molar-refractivity contribution in [1.29, 1.82) is 5.26 Å². The molecule has 0 amide bonds. The quantitative estimate of drug-likeness (QED) is 0.341. The van der Waals surface area contributed by atoms with E-state index in [2.05, 4.69) is 83.0 Å². The maximum Gasteiger partial charge on any atom is 0.0998 e. The van der Waals surface area contributed by atoms with Gasteiger partial charge in [0.1, 0.15) is 0 Å². The molecule has 0 unspecified atom stereocenters. The number of hydrogen-bond acceptors (Lipinski definition) is 3. The van der Waals surface area contributed by atoms with Crippen molar-refractivity contribution >= 4 is 28.1 Å². The van der Waals surface area contributed by atoms with E-state index in [9.17, 15) is 5.26 Å². The van der Waals surface area contributed by atoms with Gasteiger partial charge in [0.2, 0.25) is 0 Å². The molecule has 0 aliphatic carbocycles. The summed E-state index contributed by atoms with van der Waals surface area (Å²) < 4.78 is 0. The van der Waals surface area contributed by atoms with E-state index >= 15 is 0 Å². The second-order valence-electron chi connectivity index (χ2n) is 9.20. The van der Waals surface area contributed by atoms with Crippen molar-refractivity contribution < 1.29 is 0 Å². The first kappa shape index (κ1) is 22.5. The Morgan fingerprint density at radius 3 is 2.44 bits per heavy atom. The highest BCUT2D eigenvalue weighted by molar-refractivity contribution is 6.30. The van der Waals surface area contributed by atoms with E-state index < -0.39 is 0 Å². The summed E-state index contributed by atoms with van der Waals surface area (Å²) in [6.07, 6.45) is 1.09. The van der Waals surface area contributed by atoms with Crippen molar-refractivity contribution in [2.75, 3.05) is 24.5 Å². The van der Waals surface area contributed by atoms with Crippen LogP contribution in [0.4, 0.5) is 5.69 Å². The number of nitrogens with one attached hydrogen (secondary N) is 1. The molecule has 5 rings (SSSR count). The van der Waals surface area contributed by atoms with Gasteiger partial charge in [-0.1, -0.05) is 66.2 Å². The Bertz CT molecular complexity index is 1290. The van der Waals surface area contributed by atoms with Crippen LogP contribution in [0.15, 0.2) is 91.0 Å². The molecule has 1 aliphatic heterocycles. The van der Waals surface area contributed by atoms with Crippen LogP contribution in [-0.4, -0.2) is 19.6 Å². The molecule has 170 valence electrons. The van der Waals surface area contributed by atoms with Gasteiger partial charge >= 0.3 is 0 Å². The summed E-state index contributed by atoms with van der Waals surface area (Å²) in [6.45, 7) is 3.82. The Morgan fingerprint density at radius 2 is 1.65 bits per heavy atom. The third-order valence-corrected chi connectivity index (χ3v) is 7.16. The summed E-state index contributed by atoms with van der Waals surface area (Å²) in [4.78, 5) is 2.46. The minimum atomic E-state index is 0.547. The van der Waals surface area contributed by atoms with Crippen LogP contribution in [0.1, 0.15) is 16.7 Å². The van der Waals surface area contributed by atoms with Crippen molar-refractivity contribution in [2.45, 2.75) is 13.0 Å². The minimum absolute atomic E-state index is 0.547. The second kappa shape index (κ2) is 10.3. The van der Waals surface area contributed by atoms with Gasteiger partial charge in [-0.3, -0.25) is 0 Å². The Kier molecular flexibility index (Phi) is 6.81. The number of hydrogen-bond donors (Lipinski definition) is 1. The van der Waals surface area contributed by atoms with Crippen molar-refractivity contribution in [2.24, 2.45) is 11.8 Å². The van der Waals surface area contributed by atoms with E-state index in [4.69, 9.17) is 11.6 Å². The normalized spacial score (nSPS) is 17.5. The summed E-state index contributed by atoms with van der Waals surface area (Å²) in [5.74, 6) is 1.14. The topological polar surface area (TPSA) is 39.1 Å². The molecule has 34 heavy (non-hydrogen) atoms. The molecule has 4 aromatic carbocycles. The summed E-state index contributed by atoms with van der Waals surface area (Å²) in [6, 6.07) is 33.7. The molecule has 0 aromatic heterocycles. The fourth-order valence-electron chi connectivity index (χ4n) is 5.09. The molecule has 4 heteroatoms. The average Bonchev–Trinajstić information content (AvgIpc) is 3.30. The van der Waals surface area contributed by atoms with Gasteiger partial charge in [0.25, 0.3) is 0 Å². The summed E-state index contributed by atoms with van der Waals surface area (Å²) in [5.41, 5.74) is 4.50. The van der Waals surface area contributed by atoms with E-state index in [0.717, 1.165) is 54.0 Å². The van der Waals surface area contributed by atoms with E-state index in [1.54, 1.807) is 0 Å². The number of benzene rings is 4. The molecular weight excluding hydrogens is 438 g/mol. The summed E-state index contributed by atoms with van der Waals surface area (Å²) in [7, 11) is 0. The number of fused-ring (bicyclic) bond motifs is 1. The highest BCUT2D eigenvalue weighted by atomic mass is 35.5. The zero-order valence-electron chi connectivity index (χ0n) is 19.1. The molecule has 4 aromatic rings. The lowest BCUT2D eigenvalue weighted by Crippen LogP contribution is -2.33. The zero-order chi connectivity index (χ0) is 23.3. The lowest BCUT2D eigenvalue weighted by atomic mass is 9.89. The maximum absolute atomic E-state index is 9.57. The molecule has 1 saturated heterocycles. The molecule has 0 bridgehead atoms. The Morgan fingerprint density at radius 1 is 0.853 bits per heavy atom. The van der Waals surface area contributed by atoms with E-state index in [0.29, 0.717) is 11.8 Å². The highest BCUT2D eigenvalue weighted by Gasteiger charge is 2.29. The largest absolute Gasteiger partial charge is 0.367 e.